The van der Waals surface area contributed by atoms with Gasteiger partial charge in [0.2, 0.25) is 0 Å². The Hall–Kier alpha value is -1.89. The normalized spacial score (nSPS) is 15.7. The molecular weight excluding hydrogens is 286 g/mol. The lowest BCUT2D eigenvalue weighted by atomic mass is 10.3. The van der Waals surface area contributed by atoms with Crippen LogP contribution in [0.4, 0.5) is 4.79 Å². The van der Waals surface area contributed by atoms with E-state index in [1.807, 2.05) is 34.9 Å². The number of nitrogens with one attached hydrogen (secondary N) is 1. The number of thiophene rings is 1. The quantitative estimate of drug-likeness (QED) is 0.922. The molecule has 7 heteroatoms. The minimum absolute atomic E-state index is 0.0265. The van der Waals surface area contributed by atoms with Crippen LogP contribution in [0.1, 0.15) is 36.5 Å². The molecule has 6 nitrogen and oxygen atoms in total. The summed E-state index contributed by atoms with van der Waals surface area (Å²) in [5, 5.41) is 13.0. The average molecular weight is 305 g/mol. The largest absolute Gasteiger partial charge is 0.328 e. The summed E-state index contributed by atoms with van der Waals surface area (Å²) in [7, 11) is 1.88. The number of urea groups is 1. The number of carbonyl (C=O) groups is 1. The molecule has 0 spiro atoms. The highest BCUT2D eigenvalue weighted by Crippen LogP contribution is 2.29. The van der Waals surface area contributed by atoms with Gasteiger partial charge in [0, 0.05) is 18.0 Å². The highest BCUT2D eigenvalue weighted by Gasteiger charge is 2.33. The fourth-order valence-electron chi connectivity index (χ4n) is 2.34. The molecule has 1 atom stereocenters. The first-order chi connectivity index (χ1) is 10.1. The van der Waals surface area contributed by atoms with E-state index < -0.39 is 0 Å². The topological polar surface area (TPSA) is 63.1 Å². The number of hydrogen-bond acceptors (Lipinski definition) is 4. The second kappa shape index (κ2) is 5.85. The average Bonchev–Trinajstić information content (AvgIpc) is 2.98. The molecule has 2 aromatic rings. The van der Waals surface area contributed by atoms with Crippen LogP contribution in [0.15, 0.2) is 23.8 Å². The molecule has 1 unspecified atom stereocenters. The first-order valence-corrected chi connectivity index (χ1v) is 7.96. The minimum atomic E-state index is -0.158. The lowest BCUT2D eigenvalue weighted by Crippen LogP contribution is -2.42. The van der Waals surface area contributed by atoms with E-state index in [1.54, 1.807) is 17.7 Å². The third-order valence-electron chi connectivity index (χ3n) is 3.63. The molecule has 0 bridgehead atoms. The Balaban J connectivity index is 1.66. The minimum Gasteiger partial charge on any atom is -0.328 e. The third-order valence-corrected chi connectivity index (χ3v) is 4.49. The van der Waals surface area contributed by atoms with Crippen LogP contribution in [-0.4, -0.2) is 31.7 Å². The van der Waals surface area contributed by atoms with Crippen LogP contribution in [0.3, 0.4) is 0 Å². The number of hydrogen-bond donors (Lipinski definition) is 1. The third kappa shape index (κ3) is 3.24. The standard InChI is InChI=1S/C14H19N5OS/c1-10(13-17-15-9-18(13)2)16-14(20)19(11-5-6-11)8-12-4-3-7-21-12/h3-4,7,9-11H,5-6,8H2,1-2H3,(H,16,20). The molecule has 21 heavy (non-hydrogen) atoms. The lowest BCUT2D eigenvalue weighted by molar-refractivity contribution is 0.188. The zero-order valence-corrected chi connectivity index (χ0v) is 13.0. The zero-order valence-electron chi connectivity index (χ0n) is 12.2. The Morgan fingerprint density at radius 1 is 1.62 bits per heavy atom. The van der Waals surface area contributed by atoms with Gasteiger partial charge in [-0.3, -0.25) is 0 Å². The highest BCUT2D eigenvalue weighted by atomic mass is 32.1. The maximum Gasteiger partial charge on any atom is 0.318 e. The molecule has 0 aromatic carbocycles. The zero-order chi connectivity index (χ0) is 14.8. The molecule has 0 radical (unpaired) electrons. The van der Waals surface area contributed by atoms with Crippen molar-refractivity contribution in [2.75, 3.05) is 0 Å². The van der Waals surface area contributed by atoms with Crippen LogP contribution >= 0.6 is 11.3 Å². The summed E-state index contributed by atoms with van der Waals surface area (Å²) in [6.07, 6.45) is 3.83. The van der Waals surface area contributed by atoms with E-state index >= 15 is 0 Å². The van der Waals surface area contributed by atoms with Gasteiger partial charge in [0.25, 0.3) is 0 Å². The van der Waals surface area contributed by atoms with Crippen LogP contribution in [0.5, 0.6) is 0 Å². The van der Waals surface area contributed by atoms with Gasteiger partial charge >= 0.3 is 6.03 Å². The molecule has 3 rings (SSSR count). The summed E-state index contributed by atoms with van der Waals surface area (Å²) < 4.78 is 1.83. The number of aromatic nitrogens is 3. The predicted octanol–water partition coefficient (Wildman–Crippen LogP) is 2.31. The van der Waals surface area contributed by atoms with Gasteiger partial charge in [0.15, 0.2) is 5.82 Å². The number of amides is 2. The first kappa shape index (κ1) is 14.1. The van der Waals surface area contributed by atoms with Gasteiger partial charge < -0.3 is 14.8 Å². The molecule has 112 valence electrons. The fourth-order valence-corrected chi connectivity index (χ4v) is 3.04. The molecule has 1 fully saturated rings. The maximum absolute atomic E-state index is 12.5. The molecule has 2 aromatic heterocycles. The summed E-state index contributed by atoms with van der Waals surface area (Å²) in [5.41, 5.74) is 0. The molecule has 2 heterocycles. The molecule has 1 aliphatic rings. The van der Waals surface area contributed by atoms with Crippen LogP contribution in [-0.2, 0) is 13.6 Å². The molecule has 0 aliphatic heterocycles. The smallest absolute Gasteiger partial charge is 0.318 e. The summed E-state index contributed by atoms with van der Waals surface area (Å²) in [6.45, 7) is 2.61. The van der Waals surface area contributed by atoms with E-state index in [2.05, 4.69) is 21.6 Å². The van der Waals surface area contributed by atoms with Crippen molar-refractivity contribution in [3.05, 3.63) is 34.5 Å². The van der Waals surface area contributed by atoms with Gasteiger partial charge in [-0.15, -0.1) is 21.5 Å². The van der Waals surface area contributed by atoms with Gasteiger partial charge in [0.1, 0.15) is 6.33 Å². The van der Waals surface area contributed by atoms with Crippen LogP contribution in [0.25, 0.3) is 0 Å². The Morgan fingerprint density at radius 2 is 2.43 bits per heavy atom. The molecule has 1 saturated carbocycles. The van der Waals surface area contributed by atoms with Crippen molar-refractivity contribution in [2.24, 2.45) is 7.05 Å². The van der Waals surface area contributed by atoms with Crippen molar-refractivity contribution in [3.63, 3.8) is 0 Å². The maximum atomic E-state index is 12.5. The van der Waals surface area contributed by atoms with Crippen molar-refractivity contribution in [2.45, 2.75) is 38.4 Å². The molecule has 2 amide bonds. The second-order valence-electron chi connectivity index (χ2n) is 5.41. The Morgan fingerprint density at radius 3 is 3.00 bits per heavy atom. The Labute approximate surface area is 127 Å². The van der Waals surface area contributed by atoms with Crippen molar-refractivity contribution < 1.29 is 4.79 Å². The van der Waals surface area contributed by atoms with E-state index in [0.29, 0.717) is 12.6 Å². The lowest BCUT2D eigenvalue weighted by Gasteiger charge is -2.24. The number of aryl methyl sites for hydroxylation is 1. The van der Waals surface area contributed by atoms with Crippen LogP contribution in [0.2, 0.25) is 0 Å². The monoisotopic (exact) mass is 305 g/mol. The van der Waals surface area contributed by atoms with Gasteiger partial charge in [-0.25, -0.2) is 4.79 Å². The fraction of sp³-hybridized carbons (Fsp3) is 0.500. The van der Waals surface area contributed by atoms with Crippen molar-refractivity contribution in [3.8, 4) is 0 Å². The SMILES string of the molecule is CC(NC(=O)N(Cc1cccs1)C1CC1)c1nncn1C. The summed E-state index contributed by atoms with van der Waals surface area (Å²) >= 11 is 1.68. The second-order valence-corrected chi connectivity index (χ2v) is 6.44. The van der Waals surface area contributed by atoms with Gasteiger partial charge in [-0.05, 0) is 31.2 Å². The van der Waals surface area contributed by atoms with E-state index in [9.17, 15) is 4.79 Å². The van der Waals surface area contributed by atoms with E-state index in [4.69, 9.17) is 0 Å². The number of nitrogens with zero attached hydrogens (tertiary/aromatic N) is 4. The van der Waals surface area contributed by atoms with Crippen molar-refractivity contribution in [1.82, 2.24) is 25.0 Å². The first-order valence-electron chi connectivity index (χ1n) is 7.08. The van der Waals surface area contributed by atoms with E-state index in [0.717, 1.165) is 18.7 Å². The van der Waals surface area contributed by atoms with Crippen molar-refractivity contribution >= 4 is 17.4 Å². The van der Waals surface area contributed by atoms with Crippen LogP contribution < -0.4 is 5.32 Å². The molecule has 0 saturated heterocycles. The molecule has 1 aliphatic carbocycles. The molecular formula is C14H19N5OS. The summed E-state index contributed by atoms with van der Waals surface area (Å²) in [4.78, 5) is 15.7. The summed E-state index contributed by atoms with van der Waals surface area (Å²) in [5.74, 6) is 0.759. The Bertz CT molecular complexity index is 605. The van der Waals surface area contributed by atoms with E-state index in [1.165, 1.54) is 4.88 Å². The Kier molecular flexibility index (Phi) is 3.92. The van der Waals surface area contributed by atoms with Gasteiger partial charge in [-0.2, -0.15) is 0 Å². The van der Waals surface area contributed by atoms with Crippen molar-refractivity contribution in [1.29, 1.82) is 0 Å². The molecule has 1 N–H and O–H groups in total. The van der Waals surface area contributed by atoms with Gasteiger partial charge in [-0.1, -0.05) is 6.07 Å². The van der Waals surface area contributed by atoms with Gasteiger partial charge in [0.05, 0.1) is 12.6 Å². The number of rotatable bonds is 5. The summed E-state index contributed by atoms with van der Waals surface area (Å²) in [6, 6.07) is 4.28. The van der Waals surface area contributed by atoms with Crippen LogP contribution in [0, 0.1) is 0 Å². The van der Waals surface area contributed by atoms with E-state index in [-0.39, 0.29) is 12.1 Å². The number of carbonyl (C=O) groups excluding carboxylic acids is 1. The highest BCUT2D eigenvalue weighted by molar-refractivity contribution is 7.09. The predicted molar refractivity (Wildman–Crippen MR) is 80.8 cm³/mol.